The predicted molar refractivity (Wildman–Crippen MR) is 55.8 cm³/mol. The summed E-state index contributed by atoms with van der Waals surface area (Å²) < 4.78 is 0. The summed E-state index contributed by atoms with van der Waals surface area (Å²) in [4.78, 5) is 2.53. The minimum absolute atomic E-state index is 0.388. The summed E-state index contributed by atoms with van der Waals surface area (Å²) in [7, 11) is 0. The Bertz CT molecular complexity index is 219. The highest BCUT2D eigenvalue weighted by atomic mass is 15.2. The average molecular weight is 193 g/mol. The SMILES string of the molecule is N#CCC1(CN2CCCNCC2)CC1. The third kappa shape index (κ3) is 2.46. The zero-order valence-corrected chi connectivity index (χ0v) is 8.76. The molecule has 0 spiro atoms. The molecule has 0 aromatic rings. The number of hydrogen-bond donors (Lipinski definition) is 1. The van der Waals surface area contributed by atoms with Gasteiger partial charge in [0.2, 0.25) is 0 Å². The first-order valence-corrected chi connectivity index (χ1v) is 5.65. The number of nitriles is 1. The molecule has 1 saturated carbocycles. The Morgan fingerprint density at radius 2 is 2.14 bits per heavy atom. The minimum atomic E-state index is 0.388. The van der Waals surface area contributed by atoms with Crippen molar-refractivity contribution >= 4 is 0 Å². The fourth-order valence-electron chi connectivity index (χ4n) is 2.27. The average Bonchev–Trinajstić information content (AvgIpc) is 2.93. The molecule has 0 aromatic carbocycles. The lowest BCUT2D eigenvalue weighted by Crippen LogP contribution is -2.33. The second-order valence-corrected chi connectivity index (χ2v) is 4.71. The van der Waals surface area contributed by atoms with Gasteiger partial charge in [0, 0.05) is 26.1 Å². The maximum absolute atomic E-state index is 8.75. The van der Waals surface area contributed by atoms with E-state index in [1.54, 1.807) is 0 Å². The van der Waals surface area contributed by atoms with Crippen molar-refractivity contribution in [3.63, 3.8) is 0 Å². The van der Waals surface area contributed by atoms with Gasteiger partial charge in [-0.15, -0.1) is 0 Å². The van der Waals surface area contributed by atoms with Gasteiger partial charge in [-0.05, 0) is 37.8 Å². The molecule has 1 heterocycles. The molecule has 3 nitrogen and oxygen atoms in total. The zero-order chi connectivity index (χ0) is 9.86. The Morgan fingerprint density at radius 1 is 1.29 bits per heavy atom. The largest absolute Gasteiger partial charge is 0.315 e. The van der Waals surface area contributed by atoms with Crippen LogP contribution in [0.25, 0.3) is 0 Å². The van der Waals surface area contributed by atoms with Gasteiger partial charge >= 0.3 is 0 Å². The Hall–Kier alpha value is -0.590. The lowest BCUT2D eigenvalue weighted by molar-refractivity contribution is 0.234. The van der Waals surface area contributed by atoms with Crippen LogP contribution in [0.1, 0.15) is 25.7 Å². The number of rotatable bonds is 3. The van der Waals surface area contributed by atoms with Crippen LogP contribution in [-0.4, -0.2) is 37.6 Å². The summed E-state index contributed by atoms with van der Waals surface area (Å²) in [5.74, 6) is 0. The fourth-order valence-corrected chi connectivity index (χ4v) is 2.27. The topological polar surface area (TPSA) is 39.1 Å². The molecular weight excluding hydrogens is 174 g/mol. The third-order valence-corrected chi connectivity index (χ3v) is 3.40. The second-order valence-electron chi connectivity index (χ2n) is 4.71. The normalized spacial score (nSPS) is 26.5. The standard InChI is InChI=1S/C11H19N3/c12-5-4-11(2-3-11)10-14-8-1-6-13-7-9-14/h13H,1-4,6-10H2. The Morgan fingerprint density at radius 3 is 2.86 bits per heavy atom. The number of nitrogens with zero attached hydrogens (tertiary/aromatic N) is 2. The van der Waals surface area contributed by atoms with Gasteiger partial charge < -0.3 is 10.2 Å². The van der Waals surface area contributed by atoms with E-state index >= 15 is 0 Å². The van der Waals surface area contributed by atoms with E-state index in [2.05, 4.69) is 16.3 Å². The van der Waals surface area contributed by atoms with Crippen molar-refractivity contribution in [1.29, 1.82) is 5.26 Å². The maximum atomic E-state index is 8.75. The number of nitrogens with one attached hydrogen (secondary N) is 1. The van der Waals surface area contributed by atoms with E-state index in [9.17, 15) is 0 Å². The molecule has 0 amide bonds. The van der Waals surface area contributed by atoms with E-state index in [1.165, 1.54) is 25.8 Å². The quantitative estimate of drug-likeness (QED) is 0.726. The summed E-state index contributed by atoms with van der Waals surface area (Å²) in [5, 5.41) is 12.2. The Labute approximate surface area is 86.1 Å². The Balaban J connectivity index is 1.81. The summed E-state index contributed by atoms with van der Waals surface area (Å²) in [5.41, 5.74) is 0.388. The summed E-state index contributed by atoms with van der Waals surface area (Å²) in [6.45, 7) is 5.79. The molecule has 14 heavy (non-hydrogen) atoms. The first-order valence-electron chi connectivity index (χ1n) is 5.65. The van der Waals surface area contributed by atoms with Crippen LogP contribution in [0, 0.1) is 16.7 Å². The molecule has 0 radical (unpaired) electrons. The molecule has 2 rings (SSSR count). The van der Waals surface area contributed by atoms with Crippen LogP contribution in [0.15, 0.2) is 0 Å². The lowest BCUT2D eigenvalue weighted by atomic mass is 10.0. The van der Waals surface area contributed by atoms with E-state index in [-0.39, 0.29) is 0 Å². The van der Waals surface area contributed by atoms with E-state index in [4.69, 9.17) is 5.26 Å². The smallest absolute Gasteiger partial charge is 0.0628 e. The van der Waals surface area contributed by atoms with Crippen molar-refractivity contribution in [3.8, 4) is 6.07 Å². The molecule has 78 valence electrons. The predicted octanol–water partition coefficient (Wildman–Crippen LogP) is 0.976. The van der Waals surface area contributed by atoms with Crippen LogP contribution in [0.4, 0.5) is 0 Å². The minimum Gasteiger partial charge on any atom is -0.315 e. The summed E-state index contributed by atoms with van der Waals surface area (Å²) in [6.07, 6.45) is 4.55. The first kappa shape index (κ1) is 9.95. The van der Waals surface area contributed by atoms with Gasteiger partial charge in [0.05, 0.1) is 6.07 Å². The molecule has 2 aliphatic rings. The molecule has 0 atom stereocenters. The van der Waals surface area contributed by atoms with Crippen LogP contribution >= 0.6 is 0 Å². The van der Waals surface area contributed by atoms with Crippen molar-refractivity contribution in [2.75, 3.05) is 32.7 Å². The second kappa shape index (κ2) is 4.29. The zero-order valence-electron chi connectivity index (χ0n) is 8.76. The molecule has 1 saturated heterocycles. The summed E-state index contributed by atoms with van der Waals surface area (Å²) >= 11 is 0. The highest BCUT2D eigenvalue weighted by Crippen LogP contribution is 2.49. The van der Waals surface area contributed by atoms with Crippen molar-refractivity contribution < 1.29 is 0 Å². The molecule has 2 fully saturated rings. The van der Waals surface area contributed by atoms with Gasteiger partial charge in [-0.25, -0.2) is 0 Å². The van der Waals surface area contributed by atoms with Crippen molar-refractivity contribution in [1.82, 2.24) is 10.2 Å². The van der Waals surface area contributed by atoms with Crippen molar-refractivity contribution in [3.05, 3.63) is 0 Å². The van der Waals surface area contributed by atoms with Gasteiger partial charge in [0.1, 0.15) is 0 Å². The van der Waals surface area contributed by atoms with Crippen LogP contribution in [0.2, 0.25) is 0 Å². The van der Waals surface area contributed by atoms with Crippen molar-refractivity contribution in [2.45, 2.75) is 25.7 Å². The van der Waals surface area contributed by atoms with Gasteiger partial charge in [-0.1, -0.05) is 0 Å². The highest BCUT2D eigenvalue weighted by Gasteiger charge is 2.43. The van der Waals surface area contributed by atoms with Crippen LogP contribution in [0.3, 0.4) is 0 Å². The maximum Gasteiger partial charge on any atom is 0.0628 e. The molecule has 0 bridgehead atoms. The van der Waals surface area contributed by atoms with Gasteiger partial charge in [-0.3, -0.25) is 0 Å². The van der Waals surface area contributed by atoms with Crippen LogP contribution in [0.5, 0.6) is 0 Å². The van der Waals surface area contributed by atoms with Gasteiger partial charge in [-0.2, -0.15) is 5.26 Å². The molecule has 1 N–H and O–H groups in total. The first-order chi connectivity index (χ1) is 6.85. The Kier molecular flexibility index (Phi) is 3.05. The fraction of sp³-hybridized carbons (Fsp3) is 0.909. The van der Waals surface area contributed by atoms with E-state index in [0.29, 0.717) is 5.41 Å². The van der Waals surface area contributed by atoms with E-state index in [0.717, 1.165) is 32.6 Å². The lowest BCUT2D eigenvalue weighted by Gasteiger charge is -2.24. The van der Waals surface area contributed by atoms with Crippen LogP contribution < -0.4 is 5.32 Å². The highest BCUT2D eigenvalue weighted by molar-refractivity contribution is 5.01. The monoisotopic (exact) mass is 193 g/mol. The molecule has 0 aromatic heterocycles. The van der Waals surface area contributed by atoms with E-state index < -0.39 is 0 Å². The molecule has 0 unspecified atom stereocenters. The third-order valence-electron chi connectivity index (χ3n) is 3.40. The van der Waals surface area contributed by atoms with Gasteiger partial charge in [0.15, 0.2) is 0 Å². The molecule has 3 heteroatoms. The number of hydrogen-bond acceptors (Lipinski definition) is 3. The van der Waals surface area contributed by atoms with Crippen LogP contribution in [-0.2, 0) is 0 Å². The molecular formula is C11H19N3. The molecule has 1 aliphatic heterocycles. The van der Waals surface area contributed by atoms with Crippen molar-refractivity contribution in [2.24, 2.45) is 5.41 Å². The van der Waals surface area contributed by atoms with Gasteiger partial charge in [0.25, 0.3) is 0 Å². The van der Waals surface area contributed by atoms with E-state index in [1.807, 2.05) is 0 Å². The summed E-state index contributed by atoms with van der Waals surface area (Å²) in [6, 6.07) is 2.33. The molecule has 1 aliphatic carbocycles.